The number of halogens is 2. The van der Waals surface area contributed by atoms with E-state index in [4.69, 9.17) is 16.3 Å². The van der Waals surface area contributed by atoms with E-state index in [0.29, 0.717) is 5.15 Å². The lowest BCUT2D eigenvalue weighted by molar-refractivity contribution is 0.412. The quantitative estimate of drug-likeness (QED) is 0.619. The first-order valence-corrected chi connectivity index (χ1v) is 5.93. The third kappa shape index (κ3) is 2.08. The Hall–Kier alpha value is -0.800. The molecule has 1 heterocycles. The lowest BCUT2D eigenvalue weighted by Crippen LogP contribution is -1.90. The monoisotopic (exact) mass is 285 g/mol. The maximum atomic E-state index is 5.83. The molecular formula is C11H9BrClNO. The van der Waals surface area contributed by atoms with Crippen LogP contribution in [0.3, 0.4) is 0 Å². The molecule has 0 saturated carbocycles. The molecule has 0 aliphatic carbocycles. The van der Waals surface area contributed by atoms with Gasteiger partial charge in [0.05, 0.1) is 12.6 Å². The van der Waals surface area contributed by atoms with Crippen LogP contribution in [-0.4, -0.2) is 12.1 Å². The van der Waals surface area contributed by atoms with Crippen LogP contribution >= 0.6 is 27.5 Å². The zero-order chi connectivity index (χ0) is 10.8. The summed E-state index contributed by atoms with van der Waals surface area (Å²) in [4.78, 5) is 4.25. The van der Waals surface area contributed by atoms with Crippen LogP contribution < -0.4 is 4.74 Å². The topological polar surface area (TPSA) is 22.1 Å². The lowest BCUT2D eigenvalue weighted by Gasteiger charge is -2.07. The van der Waals surface area contributed by atoms with Gasteiger partial charge in [-0.05, 0) is 24.3 Å². The van der Waals surface area contributed by atoms with Crippen LogP contribution in [0.25, 0.3) is 10.9 Å². The molecule has 15 heavy (non-hydrogen) atoms. The Kier molecular flexibility index (Phi) is 3.12. The third-order valence-corrected chi connectivity index (χ3v) is 3.02. The highest BCUT2D eigenvalue weighted by atomic mass is 79.9. The largest absolute Gasteiger partial charge is 0.496 e. The molecule has 0 aliphatic heterocycles. The molecule has 0 spiro atoms. The van der Waals surface area contributed by atoms with Crippen molar-refractivity contribution < 1.29 is 4.74 Å². The van der Waals surface area contributed by atoms with Crippen LogP contribution in [0.1, 0.15) is 5.56 Å². The number of rotatable bonds is 2. The summed E-state index contributed by atoms with van der Waals surface area (Å²) in [5.41, 5.74) is 1.96. The molecule has 0 fully saturated rings. The molecule has 0 aliphatic rings. The fraction of sp³-hybridized carbons (Fsp3) is 0.182. The van der Waals surface area contributed by atoms with E-state index in [2.05, 4.69) is 20.9 Å². The van der Waals surface area contributed by atoms with E-state index in [1.807, 2.05) is 18.2 Å². The molecule has 0 radical (unpaired) electrons. The van der Waals surface area contributed by atoms with Gasteiger partial charge in [-0.2, -0.15) is 0 Å². The van der Waals surface area contributed by atoms with E-state index in [1.165, 1.54) is 0 Å². The van der Waals surface area contributed by atoms with Gasteiger partial charge in [0.15, 0.2) is 0 Å². The third-order valence-electron chi connectivity index (χ3n) is 2.20. The van der Waals surface area contributed by atoms with Crippen LogP contribution in [0.5, 0.6) is 5.75 Å². The van der Waals surface area contributed by atoms with Gasteiger partial charge in [0, 0.05) is 16.3 Å². The average molecular weight is 287 g/mol. The highest BCUT2D eigenvalue weighted by Crippen LogP contribution is 2.27. The second-order valence-corrected chi connectivity index (χ2v) is 4.07. The van der Waals surface area contributed by atoms with Crippen molar-refractivity contribution in [2.45, 2.75) is 5.33 Å². The SMILES string of the molecule is COc1cc2ccc(Cl)nc2cc1CBr. The maximum absolute atomic E-state index is 5.83. The number of methoxy groups -OCH3 is 1. The van der Waals surface area contributed by atoms with Crippen molar-refractivity contribution in [1.82, 2.24) is 4.98 Å². The molecule has 78 valence electrons. The first kappa shape index (κ1) is 10.7. The van der Waals surface area contributed by atoms with E-state index < -0.39 is 0 Å². The van der Waals surface area contributed by atoms with Gasteiger partial charge in [-0.3, -0.25) is 0 Å². The molecule has 0 atom stereocenters. The number of hydrogen-bond acceptors (Lipinski definition) is 2. The average Bonchev–Trinajstić information content (AvgIpc) is 2.27. The van der Waals surface area contributed by atoms with Crippen molar-refractivity contribution in [1.29, 1.82) is 0 Å². The van der Waals surface area contributed by atoms with Gasteiger partial charge in [-0.25, -0.2) is 4.98 Å². The minimum absolute atomic E-state index is 0.508. The molecule has 0 bridgehead atoms. The predicted octanol–water partition coefficient (Wildman–Crippen LogP) is 3.79. The number of ether oxygens (including phenoxy) is 1. The van der Waals surface area contributed by atoms with Gasteiger partial charge in [0.25, 0.3) is 0 Å². The van der Waals surface area contributed by atoms with Crippen LogP contribution in [0.2, 0.25) is 5.15 Å². The summed E-state index contributed by atoms with van der Waals surface area (Å²) in [5, 5.41) is 2.27. The van der Waals surface area contributed by atoms with Gasteiger partial charge >= 0.3 is 0 Å². The Morgan fingerprint density at radius 1 is 1.40 bits per heavy atom. The molecule has 2 aromatic rings. The molecular weight excluding hydrogens is 277 g/mol. The summed E-state index contributed by atoms with van der Waals surface area (Å²) in [6.07, 6.45) is 0. The summed E-state index contributed by atoms with van der Waals surface area (Å²) in [6.45, 7) is 0. The molecule has 0 amide bonds. The van der Waals surface area contributed by atoms with Crippen molar-refractivity contribution in [3.8, 4) is 5.75 Å². The lowest BCUT2D eigenvalue weighted by atomic mass is 10.1. The van der Waals surface area contributed by atoms with Gasteiger partial charge < -0.3 is 4.74 Å². The second-order valence-electron chi connectivity index (χ2n) is 3.12. The van der Waals surface area contributed by atoms with Crippen molar-refractivity contribution in [3.05, 3.63) is 35.0 Å². The maximum Gasteiger partial charge on any atom is 0.129 e. The number of alkyl halides is 1. The van der Waals surface area contributed by atoms with E-state index in [-0.39, 0.29) is 0 Å². The Labute approximate surface area is 101 Å². The van der Waals surface area contributed by atoms with Gasteiger partial charge in [0.1, 0.15) is 10.9 Å². The molecule has 1 aromatic heterocycles. The smallest absolute Gasteiger partial charge is 0.129 e. The Morgan fingerprint density at radius 2 is 2.20 bits per heavy atom. The molecule has 1 aromatic carbocycles. The van der Waals surface area contributed by atoms with Gasteiger partial charge in [-0.15, -0.1) is 0 Å². The first-order chi connectivity index (χ1) is 7.24. The summed E-state index contributed by atoms with van der Waals surface area (Å²) in [5.74, 6) is 0.864. The number of benzene rings is 1. The minimum Gasteiger partial charge on any atom is -0.496 e. The van der Waals surface area contributed by atoms with E-state index in [0.717, 1.165) is 27.5 Å². The molecule has 2 nitrogen and oxygen atoms in total. The Bertz CT molecular complexity index is 501. The summed E-state index contributed by atoms with van der Waals surface area (Å²) in [6, 6.07) is 7.66. The highest BCUT2D eigenvalue weighted by Gasteiger charge is 2.05. The van der Waals surface area contributed by atoms with Crippen molar-refractivity contribution in [3.63, 3.8) is 0 Å². The van der Waals surface area contributed by atoms with E-state index >= 15 is 0 Å². The van der Waals surface area contributed by atoms with Crippen LogP contribution in [0, 0.1) is 0 Å². The molecule has 2 rings (SSSR count). The van der Waals surface area contributed by atoms with Crippen LogP contribution in [-0.2, 0) is 5.33 Å². The summed E-state index contributed by atoms with van der Waals surface area (Å²) < 4.78 is 5.28. The van der Waals surface area contributed by atoms with Crippen LogP contribution in [0.15, 0.2) is 24.3 Å². The van der Waals surface area contributed by atoms with Gasteiger partial charge in [0.2, 0.25) is 0 Å². The molecule has 0 saturated heterocycles. The Morgan fingerprint density at radius 3 is 2.87 bits per heavy atom. The van der Waals surface area contributed by atoms with Crippen molar-refractivity contribution in [2.75, 3.05) is 7.11 Å². The number of pyridine rings is 1. The minimum atomic E-state index is 0.508. The fourth-order valence-corrected chi connectivity index (χ4v) is 2.06. The zero-order valence-corrected chi connectivity index (χ0v) is 10.5. The highest BCUT2D eigenvalue weighted by molar-refractivity contribution is 9.08. The molecule has 0 N–H and O–H groups in total. The molecule has 4 heteroatoms. The second kappa shape index (κ2) is 4.37. The normalized spacial score (nSPS) is 10.6. The predicted molar refractivity (Wildman–Crippen MR) is 65.9 cm³/mol. The van der Waals surface area contributed by atoms with Gasteiger partial charge in [-0.1, -0.05) is 27.5 Å². The van der Waals surface area contributed by atoms with E-state index in [1.54, 1.807) is 13.2 Å². The standard InChI is InChI=1S/C11H9BrClNO/c1-15-10-5-7-2-3-11(13)14-9(7)4-8(10)6-12/h2-5H,6H2,1H3. The first-order valence-electron chi connectivity index (χ1n) is 4.43. The fourth-order valence-electron chi connectivity index (χ4n) is 1.46. The van der Waals surface area contributed by atoms with E-state index in [9.17, 15) is 0 Å². The number of aromatic nitrogens is 1. The Balaban J connectivity index is 2.69. The summed E-state index contributed by atoms with van der Waals surface area (Å²) in [7, 11) is 1.66. The van der Waals surface area contributed by atoms with Crippen molar-refractivity contribution >= 4 is 38.4 Å². The number of fused-ring (bicyclic) bond motifs is 1. The summed E-state index contributed by atoms with van der Waals surface area (Å²) >= 11 is 9.25. The number of nitrogens with zero attached hydrogens (tertiary/aromatic N) is 1. The van der Waals surface area contributed by atoms with Crippen molar-refractivity contribution in [2.24, 2.45) is 0 Å². The zero-order valence-electron chi connectivity index (χ0n) is 8.13. The number of hydrogen-bond donors (Lipinski definition) is 0. The van der Waals surface area contributed by atoms with Crippen LogP contribution in [0.4, 0.5) is 0 Å². The molecule has 0 unspecified atom stereocenters.